The molecule has 8 heteroatoms. The van der Waals surface area contributed by atoms with Gasteiger partial charge in [-0.1, -0.05) is 0 Å². The number of ether oxygens (including phenoxy) is 3. The van der Waals surface area contributed by atoms with Crippen LogP contribution in [0.15, 0.2) is 30.5 Å². The zero-order valence-corrected chi connectivity index (χ0v) is 17.4. The Morgan fingerprint density at radius 1 is 1.07 bits per heavy atom. The fourth-order valence-electron chi connectivity index (χ4n) is 3.90. The number of hydrogen-bond donors (Lipinski definition) is 2. The Morgan fingerprint density at radius 2 is 1.83 bits per heavy atom. The first-order chi connectivity index (χ1) is 14.7. The highest BCUT2D eigenvalue weighted by molar-refractivity contribution is 6.08. The molecular formula is C22H26N4O4. The number of carbonyl (C=O) groups is 1. The lowest BCUT2D eigenvalue weighted by molar-refractivity contribution is 0.102. The lowest BCUT2D eigenvalue weighted by atomic mass is 10.1. The van der Waals surface area contributed by atoms with Crippen molar-refractivity contribution in [1.82, 2.24) is 9.97 Å². The number of nitrogens with zero attached hydrogens (tertiary/aromatic N) is 2. The highest BCUT2D eigenvalue weighted by atomic mass is 16.5. The first-order valence-corrected chi connectivity index (χ1v) is 9.99. The van der Waals surface area contributed by atoms with Gasteiger partial charge in [0, 0.05) is 30.7 Å². The average molecular weight is 410 g/mol. The van der Waals surface area contributed by atoms with Gasteiger partial charge in [-0.3, -0.25) is 4.79 Å². The predicted molar refractivity (Wildman–Crippen MR) is 116 cm³/mol. The van der Waals surface area contributed by atoms with E-state index in [9.17, 15) is 4.79 Å². The SMILES string of the molecule is COc1cc(OC)c2cc(C(=O)Nc3cccnc3N3CCCCC3)[nH]c2c1OC. The van der Waals surface area contributed by atoms with Gasteiger partial charge < -0.3 is 29.4 Å². The summed E-state index contributed by atoms with van der Waals surface area (Å²) in [5.41, 5.74) is 1.73. The molecule has 1 saturated heterocycles. The van der Waals surface area contributed by atoms with E-state index in [1.807, 2.05) is 12.1 Å². The van der Waals surface area contributed by atoms with E-state index in [-0.39, 0.29) is 5.91 Å². The molecule has 0 atom stereocenters. The van der Waals surface area contributed by atoms with Crippen LogP contribution in [0.1, 0.15) is 29.8 Å². The number of aromatic amines is 1. The zero-order valence-electron chi connectivity index (χ0n) is 17.4. The molecule has 1 aromatic carbocycles. The highest BCUT2D eigenvalue weighted by Gasteiger charge is 2.21. The molecule has 30 heavy (non-hydrogen) atoms. The van der Waals surface area contributed by atoms with Crippen LogP contribution in [0.5, 0.6) is 17.2 Å². The molecule has 0 saturated carbocycles. The molecule has 3 heterocycles. The second-order valence-corrected chi connectivity index (χ2v) is 7.16. The molecule has 8 nitrogen and oxygen atoms in total. The number of nitrogens with one attached hydrogen (secondary N) is 2. The molecule has 0 radical (unpaired) electrons. The predicted octanol–water partition coefficient (Wildman–Crippen LogP) is 3.83. The summed E-state index contributed by atoms with van der Waals surface area (Å²) < 4.78 is 16.4. The van der Waals surface area contributed by atoms with Crippen LogP contribution in [-0.4, -0.2) is 50.3 Å². The molecule has 4 rings (SSSR count). The van der Waals surface area contributed by atoms with Gasteiger partial charge in [0.15, 0.2) is 17.3 Å². The summed E-state index contributed by atoms with van der Waals surface area (Å²) in [6.45, 7) is 1.89. The Kier molecular flexibility index (Phi) is 5.65. The Bertz CT molecular complexity index is 1060. The number of pyridine rings is 1. The molecule has 1 aliphatic rings. The van der Waals surface area contributed by atoms with Gasteiger partial charge in [-0.05, 0) is 37.5 Å². The number of benzene rings is 1. The van der Waals surface area contributed by atoms with Crippen LogP contribution in [0, 0.1) is 0 Å². The minimum atomic E-state index is -0.263. The van der Waals surface area contributed by atoms with Crippen molar-refractivity contribution in [2.24, 2.45) is 0 Å². The molecule has 0 unspecified atom stereocenters. The van der Waals surface area contributed by atoms with Crippen LogP contribution >= 0.6 is 0 Å². The molecule has 1 aliphatic heterocycles. The van der Waals surface area contributed by atoms with E-state index in [0.717, 1.165) is 37.1 Å². The van der Waals surface area contributed by atoms with Crippen LogP contribution in [0.4, 0.5) is 11.5 Å². The van der Waals surface area contributed by atoms with Crippen LogP contribution < -0.4 is 24.4 Å². The number of aromatic nitrogens is 2. The third-order valence-electron chi connectivity index (χ3n) is 5.38. The number of rotatable bonds is 6. The number of hydrogen-bond acceptors (Lipinski definition) is 6. The Balaban J connectivity index is 1.68. The quantitative estimate of drug-likeness (QED) is 0.642. The summed E-state index contributed by atoms with van der Waals surface area (Å²) in [6, 6.07) is 7.20. The fourth-order valence-corrected chi connectivity index (χ4v) is 3.90. The fraction of sp³-hybridized carbons (Fsp3) is 0.364. The Morgan fingerprint density at radius 3 is 2.53 bits per heavy atom. The van der Waals surface area contributed by atoms with Crippen molar-refractivity contribution in [1.29, 1.82) is 0 Å². The molecule has 0 aliphatic carbocycles. The van der Waals surface area contributed by atoms with Gasteiger partial charge >= 0.3 is 0 Å². The lowest BCUT2D eigenvalue weighted by Gasteiger charge is -2.29. The monoisotopic (exact) mass is 410 g/mol. The van der Waals surface area contributed by atoms with E-state index in [1.165, 1.54) is 6.42 Å². The van der Waals surface area contributed by atoms with Crippen molar-refractivity contribution >= 4 is 28.3 Å². The Labute approximate surface area is 175 Å². The minimum absolute atomic E-state index is 0.263. The Hall–Kier alpha value is -3.42. The molecule has 2 aromatic heterocycles. The summed E-state index contributed by atoms with van der Waals surface area (Å²) in [5, 5.41) is 3.74. The van der Waals surface area contributed by atoms with Crippen LogP contribution in [-0.2, 0) is 0 Å². The average Bonchev–Trinajstić information content (AvgIpc) is 3.24. The number of fused-ring (bicyclic) bond motifs is 1. The molecule has 0 spiro atoms. The molecule has 158 valence electrons. The summed E-state index contributed by atoms with van der Waals surface area (Å²) >= 11 is 0. The van der Waals surface area contributed by atoms with Gasteiger partial charge in [0.05, 0.1) is 32.5 Å². The minimum Gasteiger partial charge on any atom is -0.496 e. The first-order valence-electron chi connectivity index (χ1n) is 9.99. The molecule has 1 fully saturated rings. The molecule has 0 bridgehead atoms. The van der Waals surface area contributed by atoms with Crippen molar-refractivity contribution < 1.29 is 19.0 Å². The summed E-state index contributed by atoms with van der Waals surface area (Å²) in [4.78, 5) is 23.0. The number of amides is 1. The van der Waals surface area contributed by atoms with Gasteiger partial charge in [0.1, 0.15) is 11.4 Å². The van der Waals surface area contributed by atoms with E-state index in [4.69, 9.17) is 14.2 Å². The molecule has 2 N–H and O–H groups in total. The number of piperidine rings is 1. The van der Waals surface area contributed by atoms with E-state index in [1.54, 1.807) is 39.7 Å². The number of methoxy groups -OCH3 is 3. The molecule has 1 amide bonds. The second-order valence-electron chi connectivity index (χ2n) is 7.16. The second kappa shape index (κ2) is 8.52. The van der Waals surface area contributed by atoms with E-state index in [0.29, 0.717) is 34.1 Å². The standard InChI is InChI=1S/C22H26N4O4/c1-28-17-13-18(29-2)20(30-3)19-14(17)12-16(24-19)22(27)25-15-8-7-9-23-21(15)26-10-5-4-6-11-26/h7-9,12-13,24H,4-6,10-11H2,1-3H3,(H,25,27). The van der Waals surface area contributed by atoms with Crippen molar-refractivity contribution in [3.05, 3.63) is 36.2 Å². The third kappa shape index (κ3) is 3.60. The topological polar surface area (TPSA) is 88.7 Å². The van der Waals surface area contributed by atoms with Crippen molar-refractivity contribution in [3.63, 3.8) is 0 Å². The van der Waals surface area contributed by atoms with Gasteiger partial charge in [-0.2, -0.15) is 0 Å². The maximum atomic E-state index is 13.1. The van der Waals surface area contributed by atoms with E-state index in [2.05, 4.69) is 20.2 Å². The van der Waals surface area contributed by atoms with Gasteiger partial charge in [-0.25, -0.2) is 4.98 Å². The summed E-state index contributed by atoms with van der Waals surface area (Å²) in [5.74, 6) is 2.17. The number of anilines is 2. The third-order valence-corrected chi connectivity index (χ3v) is 5.38. The van der Waals surface area contributed by atoms with Crippen LogP contribution in [0.2, 0.25) is 0 Å². The van der Waals surface area contributed by atoms with Crippen LogP contribution in [0.25, 0.3) is 10.9 Å². The molecular weight excluding hydrogens is 384 g/mol. The van der Waals surface area contributed by atoms with Gasteiger partial charge in [0.25, 0.3) is 5.91 Å². The number of H-pyrrole nitrogens is 1. The maximum absolute atomic E-state index is 13.1. The van der Waals surface area contributed by atoms with Crippen LogP contribution in [0.3, 0.4) is 0 Å². The number of carbonyl (C=O) groups excluding carboxylic acids is 1. The first kappa shape index (κ1) is 19.9. The maximum Gasteiger partial charge on any atom is 0.272 e. The lowest BCUT2D eigenvalue weighted by Crippen LogP contribution is -2.31. The highest BCUT2D eigenvalue weighted by Crippen LogP contribution is 2.41. The van der Waals surface area contributed by atoms with Gasteiger partial charge in [0.2, 0.25) is 0 Å². The van der Waals surface area contributed by atoms with Gasteiger partial charge in [-0.15, -0.1) is 0 Å². The zero-order chi connectivity index (χ0) is 21.1. The normalized spacial score (nSPS) is 13.9. The van der Waals surface area contributed by atoms with Crippen molar-refractivity contribution in [3.8, 4) is 17.2 Å². The summed E-state index contributed by atoms with van der Waals surface area (Å²) in [7, 11) is 4.70. The van der Waals surface area contributed by atoms with Crippen molar-refractivity contribution in [2.75, 3.05) is 44.6 Å². The smallest absolute Gasteiger partial charge is 0.272 e. The largest absolute Gasteiger partial charge is 0.496 e. The summed E-state index contributed by atoms with van der Waals surface area (Å²) in [6.07, 6.45) is 5.25. The molecule has 3 aromatic rings. The van der Waals surface area contributed by atoms with Crippen molar-refractivity contribution in [2.45, 2.75) is 19.3 Å². The van der Waals surface area contributed by atoms with E-state index >= 15 is 0 Å². The van der Waals surface area contributed by atoms with E-state index < -0.39 is 0 Å².